The minimum atomic E-state index is -0.584. The van der Waals surface area contributed by atoms with Crippen LogP contribution in [-0.4, -0.2) is 36.1 Å². The highest BCUT2D eigenvalue weighted by molar-refractivity contribution is 6.33. The first-order valence-corrected chi connectivity index (χ1v) is 6.26. The fourth-order valence-corrected chi connectivity index (χ4v) is 2.31. The predicted octanol–water partition coefficient (Wildman–Crippen LogP) is 2.73. The molecule has 1 fully saturated rings. The topological polar surface area (TPSA) is 29.5 Å². The van der Waals surface area contributed by atoms with E-state index in [2.05, 4.69) is 0 Å². The second-order valence-corrected chi connectivity index (χ2v) is 4.82. The standard InChI is InChI=1S/C13H15ClFNO2/c1-8-9(2)18-7-6-16(8)13(17)12-10(14)4-3-5-11(12)15/h3-5,8-9H,6-7H2,1-2H3. The Bertz CT molecular complexity index is 446. The Morgan fingerprint density at radius 3 is 2.89 bits per heavy atom. The number of amides is 1. The Hall–Kier alpha value is -1.13. The molecule has 3 nitrogen and oxygen atoms in total. The first kappa shape index (κ1) is 13.3. The van der Waals surface area contributed by atoms with E-state index in [-0.39, 0.29) is 28.6 Å². The zero-order valence-corrected chi connectivity index (χ0v) is 11.1. The largest absolute Gasteiger partial charge is 0.375 e. The third-order valence-electron chi connectivity index (χ3n) is 3.32. The molecule has 1 amide bonds. The minimum absolute atomic E-state index is 0.0554. The summed E-state index contributed by atoms with van der Waals surface area (Å²) in [5.74, 6) is -0.959. The third kappa shape index (κ3) is 2.35. The van der Waals surface area contributed by atoms with Crippen LogP contribution in [0.1, 0.15) is 24.2 Å². The summed E-state index contributed by atoms with van der Waals surface area (Å²) in [5, 5.41) is 0.145. The zero-order chi connectivity index (χ0) is 13.3. The maximum Gasteiger partial charge on any atom is 0.258 e. The molecule has 0 aliphatic carbocycles. The summed E-state index contributed by atoms with van der Waals surface area (Å²) in [5.41, 5.74) is -0.0554. The fraction of sp³-hybridized carbons (Fsp3) is 0.462. The number of carbonyl (C=O) groups is 1. The monoisotopic (exact) mass is 271 g/mol. The lowest BCUT2D eigenvalue weighted by Crippen LogP contribution is -2.51. The van der Waals surface area contributed by atoms with Crippen LogP contribution < -0.4 is 0 Å². The number of benzene rings is 1. The van der Waals surface area contributed by atoms with E-state index in [1.807, 2.05) is 13.8 Å². The van der Waals surface area contributed by atoms with Crippen molar-refractivity contribution in [2.24, 2.45) is 0 Å². The summed E-state index contributed by atoms with van der Waals surface area (Å²) in [6.45, 7) is 4.70. The molecule has 18 heavy (non-hydrogen) atoms. The molecule has 2 unspecified atom stereocenters. The van der Waals surface area contributed by atoms with Crippen molar-refractivity contribution in [1.29, 1.82) is 0 Å². The summed E-state index contributed by atoms with van der Waals surface area (Å²) in [4.78, 5) is 14.0. The van der Waals surface area contributed by atoms with E-state index in [0.29, 0.717) is 13.2 Å². The Labute approximate surface area is 110 Å². The smallest absolute Gasteiger partial charge is 0.258 e. The summed E-state index contributed by atoms with van der Waals surface area (Å²) in [6.07, 6.45) is -0.0618. The SMILES string of the molecule is CC1OCCN(C(=O)c2c(F)cccc2Cl)C1C. The fourth-order valence-electron chi connectivity index (χ4n) is 2.07. The molecule has 1 aromatic rings. The van der Waals surface area contributed by atoms with Crippen LogP contribution in [0.5, 0.6) is 0 Å². The van der Waals surface area contributed by atoms with Gasteiger partial charge in [-0.05, 0) is 26.0 Å². The van der Waals surface area contributed by atoms with Crippen molar-refractivity contribution in [3.8, 4) is 0 Å². The van der Waals surface area contributed by atoms with E-state index in [0.717, 1.165) is 0 Å². The number of ether oxygens (including phenoxy) is 1. The van der Waals surface area contributed by atoms with Crippen molar-refractivity contribution in [1.82, 2.24) is 4.90 Å². The van der Waals surface area contributed by atoms with Crippen molar-refractivity contribution in [2.45, 2.75) is 26.0 Å². The van der Waals surface area contributed by atoms with Gasteiger partial charge in [-0.3, -0.25) is 4.79 Å². The molecule has 0 N–H and O–H groups in total. The molecule has 0 spiro atoms. The summed E-state index contributed by atoms with van der Waals surface area (Å²) < 4.78 is 19.2. The molecule has 0 bridgehead atoms. The van der Waals surface area contributed by atoms with Crippen molar-refractivity contribution in [2.75, 3.05) is 13.2 Å². The van der Waals surface area contributed by atoms with Crippen LogP contribution in [-0.2, 0) is 4.74 Å². The van der Waals surface area contributed by atoms with Crippen molar-refractivity contribution in [3.05, 3.63) is 34.6 Å². The lowest BCUT2D eigenvalue weighted by atomic mass is 10.1. The van der Waals surface area contributed by atoms with E-state index < -0.39 is 5.82 Å². The van der Waals surface area contributed by atoms with E-state index in [4.69, 9.17) is 16.3 Å². The number of rotatable bonds is 1. The molecule has 98 valence electrons. The lowest BCUT2D eigenvalue weighted by molar-refractivity contribution is -0.0441. The molecule has 1 aromatic carbocycles. The number of morpholine rings is 1. The second kappa shape index (κ2) is 5.24. The average Bonchev–Trinajstić information content (AvgIpc) is 2.32. The van der Waals surface area contributed by atoms with Gasteiger partial charge < -0.3 is 9.64 Å². The molecule has 2 atom stereocenters. The van der Waals surface area contributed by atoms with Crippen LogP contribution >= 0.6 is 11.6 Å². The van der Waals surface area contributed by atoms with Crippen molar-refractivity contribution >= 4 is 17.5 Å². The molecule has 1 heterocycles. The number of carbonyl (C=O) groups excluding carboxylic acids is 1. The van der Waals surface area contributed by atoms with Gasteiger partial charge in [0.2, 0.25) is 0 Å². The molecule has 0 saturated carbocycles. The van der Waals surface area contributed by atoms with E-state index in [1.54, 1.807) is 4.90 Å². The number of hydrogen-bond acceptors (Lipinski definition) is 2. The summed E-state index contributed by atoms with van der Waals surface area (Å²) >= 11 is 5.91. The van der Waals surface area contributed by atoms with Gasteiger partial charge in [0.25, 0.3) is 5.91 Å². The molecule has 1 saturated heterocycles. The Morgan fingerprint density at radius 1 is 1.50 bits per heavy atom. The predicted molar refractivity (Wildman–Crippen MR) is 67.3 cm³/mol. The first-order chi connectivity index (χ1) is 8.52. The second-order valence-electron chi connectivity index (χ2n) is 4.41. The maximum atomic E-state index is 13.7. The molecule has 1 aliphatic heterocycles. The number of hydrogen-bond donors (Lipinski definition) is 0. The van der Waals surface area contributed by atoms with Gasteiger partial charge in [-0.1, -0.05) is 17.7 Å². The van der Waals surface area contributed by atoms with Crippen molar-refractivity contribution < 1.29 is 13.9 Å². The van der Waals surface area contributed by atoms with Gasteiger partial charge in [0, 0.05) is 6.54 Å². The van der Waals surface area contributed by atoms with Gasteiger partial charge in [0.15, 0.2) is 0 Å². The molecule has 0 aromatic heterocycles. The first-order valence-electron chi connectivity index (χ1n) is 5.89. The van der Waals surface area contributed by atoms with Gasteiger partial charge in [0.1, 0.15) is 5.82 Å². The highest BCUT2D eigenvalue weighted by Gasteiger charge is 2.31. The number of nitrogens with zero attached hydrogens (tertiary/aromatic N) is 1. The minimum Gasteiger partial charge on any atom is -0.375 e. The van der Waals surface area contributed by atoms with Crippen LogP contribution in [0, 0.1) is 5.82 Å². The van der Waals surface area contributed by atoms with Crippen molar-refractivity contribution in [3.63, 3.8) is 0 Å². The Kier molecular flexibility index (Phi) is 3.88. The quantitative estimate of drug-likeness (QED) is 0.786. The van der Waals surface area contributed by atoms with Crippen LogP contribution in [0.25, 0.3) is 0 Å². The maximum absolute atomic E-state index is 13.7. The van der Waals surface area contributed by atoms with Gasteiger partial charge in [-0.2, -0.15) is 0 Å². The van der Waals surface area contributed by atoms with E-state index in [1.165, 1.54) is 18.2 Å². The highest BCUT2D eigenvalue weighted by atomic mass is 35.5. The molecule has 1 aliphatic rings. The molecule has 5 heteroatoms. The Balaban J connectivity index is 2.31. The van der Waals surface area contributed by atoms with Gasteiger partial charge >= 0.3 is 0 Å². The van der Waals surface area contributed by atoms with Crippen LogP contribution in [0.15, 0.2) is 18.2 Å². The normalized spacial score (nSPS) is 24.1. The molecular formula is C13H15ClFNO2. The zero-order valence-electron chi connectivity index (χ0n) is 10.3. The van der Waals surface area contributed by atoms with Crippen LogP contribution in [0.2, 0.25) is 5.02 Å². The average molecular weight is 272 g/mol. The lowest BCUT2D eigenvalue weighted by Gasteiger charge is -2.38. The molecular weight excluding hydrogens is 257 g/mol. The van der Waals surface area contributed by atoms with Gasteiger partial charge in [-0.25, -0.2) is 4.39 Å². The Morgan fingerprint density at radius 2 is 2.22 bits per heavy atom. The van der Waals surface area contributed by atoms with E-state index in [9.17, 15) is 9.18 Å². The van der Waals surface area contributed by atoms with Gasteiger partial charge in [-0.15, -0.1) is 0 Å². The summed E-state index contributed by atoms with van der Waals surface area (Å²) in [6, 6.07) is 4.15. The van der Waals surface area contributed by atoms with Crippen LogP contribution in [0.3, 0.4) is 0 Å². The third-order valence-corrected chi connectivity index (χ3v) is 3.64. The molecule has 0 radical (unpaired) electrons. The highest BCUT2D eigenvalue weighted by Crippen LogP contribution is 2.24. The number of halogens is 2. The molecule has 2 rings (SSSR count). The van der Waals surface area contributed by atoms with Gasteiger partial charge in [0.05, 0.1) is 29.3 Å². The van der Waals surface area contributed by atoms with Crippen LogP contribution in [0.4, 0.5) is 4.39 Å². The summed E-state index contributed by atoms with van der Waals surface area (Å²) in [7, 11) is 0. The van der Waals surface area contributed by atoms with E-state index >= 15 is 0 Å².